The smallest absolute Gasteiger partial charge is 0.318 e. The fourth-order valence-electron chi connectivity index (χ4n) is 4.45. The summed E-state index contributed by atoms with van der Waals surface area (Å²) in [6, 6.07) is 5.97. The highest BCUT2D eigenvalue weighted by Crippen LogP contribution is 2.43. The highest BCUT2D eigenvalue weighted by molar-refractivity contribution is 6.34. The number of halogens is 3. The molecule has 2 aliphatic rings. The van der Waals surface area contributed by atoms with E-state index in [0.29, 0.717) is 23.3 Å². The van der Waals surface area contributed by atoms with Gasteiger partial charge >= 0.3 is 6.01 Å². The van der Waals surface area contributed by atoms with E-state index in [2.05, 4.69) is 20.2 Å². The molecule has 6 nitrogen and oxygen atoms in total. The number of phenolic OH excluding ortho intramolecular Hbond substituents is 1. The molecule has 2 N–H and O–H groups in total. The summed E-state index contributed by atoms with van der Waals surface area (Å²) in [4.78, 5) is 10.7. The number of aromatic hydroxyl groups is 1. The summed E-state index contributed by atoms with van der Waals surface area (Å²) in [7, 11) is 1.41. The number of anilines is 1. The number of nitrogens with zero attached hydrogens (tertiary/aromatic N) is 3. The fraction of sp³-hybridized carbons (Fsp3) is 0.333. The molecule has 0 saturated carbocycles. The van der Waals surface area contributed by atoms with Crippen molar-refractivity contribution < 1.29 is 18.6 Å². The number of benzene rings is 2. The van der Waals surface area contributed by atoms with Crippen molar-refractivity contribution in [1.29, 1.82) is 0 Å². The van der Waals surface area contributed by atoms with Gasteiger partial charge in [0.05, 0.1) is 17.7 Å². The van der Waals surface area contributed by atoms with Crippen molar-refractivity contribution in [1.82, 2.24) is 15.3 Å². The Balaban J connectivity index is 1.74. The van der Waals surface area contributed by atoms with E-state index in [0.717, 1.165) is 32.0 Å². The Morgan fingerprint density at radius 2 is 1.90 bits per heavy atom. The summed E-state index contributed by atoms with van der Waals surface area (Å²) in [5.74, 6) is -1.50. The average Bonchev–Trinajstić information content (AvgIpc) is 3.07. The Hall–Kier alpha value is -2.71. The van der Waals surface area contributed by atoms with Gasteiger partial charge in [-0.2, -0.15) is 9.97 Å². The molecule has 156 valence electrons. The van der Waals surface area contributed by atoms with Crippen LogP contribution in [0.2, 0.25) is 5.02 Å². The third-order valence-electron chi connectivity index (χ3n) is 5.78. The molecule has 2 saturated heterocycles. The number of piperazine rings is 1. The molecule has 0 amide bonds. The molecule has 3 heterocycles. The molecule has 0 radical (unpaired) electrons. The topological polar surface area (TPSA) is 70.5 Å². The van der Waals surface area contributed by atoms with Crippen LogP contribution in [-0.2, 0) is 0 Å². The second-order valence-electron chi connectivity index (χ2n) is 7.65. The highest BCUT2D eigenvalue weighted by Gasteiger charge is 2.34. The second kappa shape index (κ2) is 7.21. The number of phenols is 1. The number of methoxy groups -OCH3 is 1. The summed E-state index contributed by atoms with van der Waals surface area (Å²) in [6.07, 6.45) is 2.15. The first kappa shape index (κ1) is 19.3. The van der Waals surface area contributed by atoms with Gasteiger partial charge in [-0.05, 0) is 31.0 Å². The molecule has 0 aliphatic carbocycles. The van der Waals surface area contributed by atoms with E-state index in [1.54, 1.807) is 0 Å². The Morgan fingerprint density at radius 3 is 2.57 bits per heavy atom. The van der Waals surface area contributed by atoms with E-state index in [1.807, 2.05) is 0 Å². The molecule has 2 unspecified atom stereocenters. The Bertz CT molecular complexity index is 1130. The molecule has 9 heteroatoms. The summed E-state index contributed by atoms with van der Waals surface area (Å²) in [5, 5.41) is 14.1. The molecule has 5 rings (SSSR count). The van der Waals surface area contributed by atoms with Crippen molar-refractivity contribution in [2.24, 2.45) is 0 Å². The lowest BCUT2D eigenvalue weighted by Crippen LogP contribution is -2.51. The number of fused-ring (bicyclic) bond motifs is 3. The molecule has 2 aliphatic heterocycles. The number of ether oxygens (including phenoxy) is 1. The number of hydrogen-bond donors (Lipinski definition) is 2. The van der Waals surface area contributed by atoms with E-state index in [1.165, 1.54) is 25.3 Å². The summed E-state index contributed by atoms with van der Waals surface area (Å²) < 4.78 is 35.3. The summed E-state index contributed by atoms with van der Waals surface area (Å²) >= 11 is 6.41. The maximum atomic E-state index is 15.7. The zero-order chi connectivity index (χ0) is 21.0. The molecule has 2 bridgehead atoms. The molecular weight excluding hydrogens is 414 g/mol. The van der Waals surface area contributed by atoms with E-state index < -0.39 is 17.4 Å². The van der Waals surface area contributed by atoms with Crippen LogP contribution in [0.15, 0.2) is 24.3 Å². The quantitative estimate of drug-likeness (QED) is 0.654. The standard InChI is InChI=1S/C21H19ClF2N4O2/c1-30-21-26-19-12(20(27-21)28-8-10-5-6-11(9-28)25-10)7-13(22)16(18(19)24)17-14(23)3-2-4-15(17)29/h2-4,7,10-11,25,29H,5-6,8-9H2,1H3. The lowest BCUT2D eigenvalue weighted by atomic mass is 10.0. The van der Waals surface area contributed by atoms with E-state index in [4.69, 9.17) is 16.3 Å². The van der Waals surface area contributed by atoms with Crippen molar-refractivity contribution in [2.75, 3.05) is 25.1 Å². The van der Waals surface area contributed by atoms with Crippen molar-refractivity contribution in [3.05, 3.63) is 40.9 Å². The minimum atomic E-state index is -0.835. The largest absolute Gasteiger partial charge is 0.507 e. The van der Waals surface area contributed by atoms with Crippen LogP contribution in [0, 0.1) is 11.6 Å². The number of nitrogens with one attached hydrogen (secondary N) is 1. The lowest BCUT2D eigenvalue weighted by Gasteiger charge is -2.34. The first-order valence-electron chi connectivity index (χ1n) is 9.69. The highest BCUT2D eigenvalue weighted by atomic mass is 35.5. The maximum Gasteiger partial charge on any atom is 0.318 e. The average molecular weight is 433 g/mol. The monoisotopic (exact) mass is 432 g/mol. The minimum Gasteiger partial charge on any atom is -0.507 e. The number of hydrogen-bond acceptors (Lipinski definition) is 6. The molecule has 2 atom stereocenters. The van der Waals surface area contributed by atoms with Crippen LogP contribution in [0.3, 0.4) is 0 Å². The normalized spacial score (nSPS) is 20.7. The third kappa shape index (κ3) is 3.02. The molecular formula is C21H19ClF2N4O2. The van der Waals surface area contributed by atoms with Gasteiger partial charge in [-0.25, -0.2) is 8.78 Å². The van der Waals surface area contributed by atoms with Crippen LogP contribution in [-0.4, -0.2) is 47.4 Å². The molecule has 2 fully saturated rings. The van der Waals surface area contributed by atoms with Gasteiger partial charge < -0.3 is 20.1 Å². The first-order valence-corrected chi connectivity index (χ1v) is 10.1. The van der Waals surface area contributed by atoms with E-state index >= 15 is 4.39 Å². The lowest BCUT2D eigenvalue weighted by molar-refractivity contribution is 0.380. The van der Waals surface area contributed by atoms with Gasteiger partial charge in [-0.1, -0.05) is 17.7 Å². The Kier molecular flexibility index (Phi) is 4.63. The summed E-state index contributed by atoms with van der Waals surface area (Å²) in [5.41, 5.74) is -0.585. The molecule has 3 aromatic rings. The SMILES string of the molecule is COc1nc(N2CC3CCC(C2)N3)c2cc(Cl)c(-c3c(O)cccc3F)c(F)c2n1. The van der Waals surface area contributed by atoms with Gasteiger partial charge in [0.25, 0.3) is 0 Å². The molecule has 1 aromatic heterocycles. The van der Waals surface area contributed by atoms with Crippen LogP contribution < -0.4 is 15.0 Å². The van der Waals surface area contributed by atoms with Crippen molar-refractivity contribution in [3.63, 3.8) is 0 Å². The van der Waals surface area contributed by atoms with Gasteiger partial charge in [-0.15, -0.1) is 0 Å². The Morgan fingerprint density at radius 1 is 1.17 bits per heavy atom. The van der Waals surface area contributed by atoms with Gasteiger partial charge in [0, 0.05) is 36.1 Å². The Labute approximate surface area is 176 Å². The van der Waals surface area contributed by atoms with Crippen LogP contribution >= 0.6 is 11.6 Å². The van der Waals surface area contributed by atoms with Gasteiger partial charge in [0.2, 0.25) is 0 Å². The van der Waals surface area contributed by atoms with E-state index in [-0.39, 0.29) is 27.7 Å². The molecule has 2 aromatic carbocycles. The van der Waals surface area contributed by atoms with Gasteiger partial charge in [0.1, 0.15) is 22.9 Å². The number of rotatable bonds is 3. The summed E-state index contributed by atoms with van der Waals surface area (Å²) in [6.45, 7) is 1.45. The van der Waals surface area contributed by atoms with E-state index in [9.17, 15) is 9.50 Å². The molecule has 0 spiro atoms. The predicted octanol–water partition coefficient (Wildman–Crippen LogP) is 3.88. The minimum absolute atomic E-state index is 0.00769. The zero-order valence-corrected chi connectivity index (χ0v) is 16.9. The molecule has 30 heavy (non-hydrogen) atoms. The second-order valence-corrected chi connectivity index (χ2v) is 8.06. The van der Waals surface area contributed by atoms with Crippen LogP contribution in [0.25, 0.3) is 22.0 Å². The van der Waals surface area contributed by atoms with Gasteiger partial charge in [0.15, 0.2) is 5.82 Å². The van der Waals surface area contributed by atoms with Crippen molar-refractivity contribution in [2.45, 2.75) is 24.9 Å². The number of aromatic nitrogens is 2. The van der Waals surface area contributed by atoms with Crippen LogP contribution in [0.1, 0.15) is 12.8 Å². The first-order chi connectivity index (χ1) is 14.5. The maximum absolute atomic E-state index is 15.7. The fourth-order valence-corrected chi connectivity index (χ4v) is 4.74. The van der Waals surface area contributed by atoms with Crippen LogP contribution in [0.5, 0.6) is 11.8 Å². The predicted molar refractivity (Wildman–Crippen MR) is 110 cm³/mol. The van der Waals surface area contributed by atoms with Crippen molar-refractivity contribution in [3.8, 4) is 22.9 Å². The zero-order valence-electron chi connectivity index (χ0n) is 16.1. The van der Waals surface area contributed by atoms with Gasteiger partial charge in [-0.3, -0.25) is 0 Å². The van der Waals surface area contributed by atoms with Crippen LogP contribution in [0.4, 0.5) is 14.6 Å². The van der Waals surface area contributed by atoms with Crippen molar-refractivity contribution >= 4 is 28.3 Å². The third-order valence-corrected chi connectivity index (χ3v) is 6.08.